The summed E-state index contributed by atoms with van der Waals surface area (Å²) in [6, 6.07) is 0. The molecule has 0 aliphatic heterocycles. The average molecular weight is 167 g/mol. The standard InChI is InChI=1S/C8H13N3O/c1-11-7-2-3-8(12,5-9)6(7)4-10-11/h4,12H,2-3,5,9H2,1H3. The third-order valence-corrected chi connectivity index (χ3v) is 2.68. The average Bonchev–Trinajstić information content (AvgIpc) is 2.57. The molecule has 0 bridgehead atoms. The fraction of sp³-hybridized carbons (Fsp3) is 0.625. The van der Waals surface area contributed by atoms with E-state index < -0.39 is 5.60 Å². The van der Waals surface area contributed by atoms with E-state index in [0.717, 1.165) is 24.1 Å². The van der Waals surface area contributed by atoms with Gasteiger partial charge in [0, 0.05) is 24.8 Å². The Morgan fingerprint density at radius 2 is 2.58 bits per heavy atom. The molecule has 1 aromatic heterocycles. The number of fused-ring (bicyclic) bond motifs is 1. The molecule has 1 heterocycles. The molecular weight excluding hydrogens is 154 g/mol. The quantitative estimate of drug-likeness (QED) is 0.593. The molecule has 0 saturated heterocycles. The van der Waals surface area contributed by atoms with Gasteiger partial charge in [-0.15, -0.1) is 0 Å². The minimum Gasteiger partial charge on any atom is -0.384 e. The maximum Gasteiger partial charge on any atom is 0.105 e. The monoisotopic (exact) mass is 167 g/mol. The van der Waals surface area contributed by atoms with Crippen LogP contribution in [0.3, 0.4) is 0 Å². The van der Waals surface area contributed by atoms with Gasteiger partial charge in [0.05, 0.1) is 6.20 Å². The summed E-state index contributed by atoms with van der Waals surface area (Å²) in [5, 5.41) is 14.1. The van der Waals surface area contributed by atoms with Crippen LogP contribution in [0.5, 0.6) is 0 Å². The number of aromatic nitrogens is 2. The summed E-state index contributed by atoms with van der Waals surface area (Å²) in [6.45, 7) is 0.283. The van der Waals surface area contributed by atoms with Crippen molar-refractivity contribution in [2.45, 2.75) is 18.4 Å². The predicted octanol–water partition coefficient (Wildman–Crippen LogP) is -0.487. The molecule has 12 heavy (non-hydrogen) atoms. The van der Waals surface area contributed by atoms with Gasteiger partial charge in [-0.2, -0.15) is 5.10 Å². The molecule has 1 atom stereocenters. The highest BCUT2D eigenvalue weighted by atomic mass is 16.3. The Hall–Kier alpha value is -0.870. The summed E-state index contributed by atoms with van der Waals surface area (Å²) in [5.41, 5.74) is 6.71. The van der Waals surface area contributed by atoms with E-state index in [9.17, 15) is 5.11 Å². The zero-order valence-electron chi connectivity index (χ0n) is 7.12. The Bertz CT molecular complexity index is 307. The van der Waals surface area contributed by atoms with Gasteiger partial charge in [-0.1, -0.05) is 0 Å². The summed E-state index contributed by atoms with van der Waals surface area (Å²) >= 11 is 0. The SMILES string of the molecule is Cn1ncc2c1CCC2(O)CN. The zero-order chi connectivity index (χ0) is 8.77. The first-order valence-corrected chi connectivity index (χ1v) is 4.11. The van der Waals surface area contributed by atoms with Gasteiger partial charge in [0.2, 0.25) is 0 Å². The van der Waals surface area contributed by atoms with Crippen LogP contribution in [-0.4, -0.2) is 21.4 Å². The van der Waals surface area contributed by atoms with Crippen LogP contribution in [0, 0.1) is 0 Å². The highest BCUT2D eigenvalue weighted by molar-refractivity contribution is 5.31. The molecule has 0 amide bonds. The Kier molecular flexibility index (Phi) is 1.49. The van der Waals surface area contributed by atoms with Crippen LogP contribution >= 0.6 is 0 Å². The number of nitrogens with zero attached hydrogens (tertiary/aromatic N) is 2. The van der Waals surface area contributed by atoms with Crippen LogP contribution in [0.15, 0.2) is 6.20 Å². The van der Waals surface area contributed by atoms with Gasteiger partial charge < -0.3 is 10.8 Å². The highest BCUT2D eigenvalue weighted by Crippen LogP contribution is 2.35. The molecule has 4 heteroatoms. The van der Waals surface area contributed by atoms with Crippen LogP contribution in [0.25, 0.3) is 0 Å². The summed E-state index contributed by atoms with van der Waals surface area (Å²) in [5.74, 6) is 0. The van der Waals surface area contributed by atoms with E-state index in [1.807, 2.05) is 11.7 Å². The second-order valence-electron chi connectivity index (χ2n) is 3.36. The lowest BCUT2D eigenvalue weighted by molar-refractivity contribution is 0.0479. The van der Waals surface area contributed by atoms with Gasteiger partial charge in [-0.05, 0) is 12.8 Å². The van der Waals surface area contributed by atoms with Crippen LogP contribution in [-0.2, 0) is 19.1 Å². The minimum atomic E-state index is -0.816. The van der Waals surface area contributed by atoms with Gasteiger partial charge in [-0.25, -0.2) is 0 Å². The van der Waals surface area contributed by atoms with Gasteiger partial charge >= 0.3 is 0 Å². The fourth-order valence-electron chi connectivity index (χ4n) is 1.82. The molecule has 1 unspecified atom stereocenters. The van der Waals surface area contributed by atoms with Crippen molar-refractivity contribution in [3.8, 4) is 0 Å². The van der Waals surface area contributed by atoms with Crippen molar-refractivity contribution in [3.63, 3.8) is 0 Å². The van der Waals surface area contributed by atoms with Crippen LogP contribution in [0.4, 0.5) is 0 Å². The van der Waals surface area contributed by atoms with E-state index >= 15 is 0 Å². The summed E-state index contributed by atoms with van der Waals surface area (Å²) in [4.78, 5) is 0. The Balaban J connectivity index is 2.49. The largest absolute Gasteiger partial charge is 0.384 e. The van der Waals surface area contributed by atoms with Crippen molar-refractivity contribution in [2.24, 2.45) is 12.8 Å². The lowest BCUT2D eigenvalue weighted by atomic mass is 9.99. The van der Waals surface area contributed by atoms with Gasteiger partial charge in [0.25, 0.3) is 0 Å². The van der Waals surface area contributed by atoms with Crippen molar-refractivity contribution < 1.29 is 5.11 Å². The van der Waals surface area contributed by atoms with E-state index in [1.165, 1.54) is 0 Å². The number of hydrogen-bond donors (Lipinski definition) is 2. The molecule has 1 aliphatic carbocycles. The fourth-order valence-corrected chi connectivity index (χ4v) is 1.82. The van der Waals surface area contributed by atoms with Crippen LogP contribution in [0.1, 0.15) is 17.7 Å². The molecule has 0 fully saturated rings. The Morgan fingerprint density at radius 1 is 1.83 bits per heavy atom. The molecule has 66 valence electrons. The normalized spacial score (nSPS) is 27.6. The molecule has 0 saturated carbocycles. The number of hydrogen-bond acceptors (Lipinski definition) is 3. The number of nitrogens with two attached hydrogens (primary N) is 1. The summed E-state index contributed by atoms with van der Waals surface area (Å²) in [6.07, 6.45) is 3.32. The van der Waals surface area contributed by atoms with Crippen LogP contribution in [0.2, 0.25) is 0 Å². The van der Waals surface area contributed by atoms with E-state index in [4.69, 9.17) is 5.73 Å². The van der Waals surface area contributed by atoms with E-state index in [1.54, 1.807) is 6.20 Å². The lowest BCUT2D eigenvalue weighted by Crippen LogP contribution is -2.31. The zero-order valence-corrected chi connectivity index (χ0v) is 7.12. The molecule has 0 aromatic carbocycles. The smallest absolute Gasteiger partial charge is 0.105 e. The molecule has 2 rings (SSSR count). The Morgan fingerprint density at radius 3 is 3.25 bits per heavy atom. The topological polar surface area (TPSA) is 64.1 Å². The molecule has 1 aromatic rings. The van der Waals surface area contributed by atoms with Crippen molar-refractivity contribution in [2.75, 3.05) is 6.54 Å². The summed E-state index contributed by atoms with van der Waals surface area (Å²) < 4.78 is 1.81. The number of rotatable bonds is 1. The first kappa shape index (κ1) is 7.76. The van der Waals surface area contributed by atoms with Crippen molar-refractivity contribution in [1.82, 2.24) is 9.78 Å². The first-order valence-electron chi connectivity index (χ1n) is 4.11. The Labute approximate surface area is 71.0 Å². The third kappa shape index (κ3) is 0.820. The van der Waals surface area contributed by atoms with Crippen molar-refractivity contribution >= 4 is 0 Å². The lowest BCUT2D eigenvalue weighted by Gasteiger charge is -2.19. The van der Waals surface area contributed by atoms with Crippen LogP contribution < -0.4 is 5.73 Å². The first-order chi connectivity index (χ1) is 5.67. The molecule has 0 radical (unpaired) electrons. The van der Waals surface area contributed by atoms with Crippen molar-refractivity contribution in [3.05, 3.63) is 17.5 Å². The summed E-state index contributed by atoms with van der Waals surface area (Å²) in [7, 11) is 1.89. The molecule has 3 N–H and O–H groups in total. The maximum atomic E-state index is 9.99. The number of aryl methyl sites for hydroxylation is 1. The molecule has 4 nitrogen and oxygen atoms in total. The van der Waals surface area contributed by atoms with E-state index in [2.05, 4.69) is 5.10 Å². The second kappa shape index (κ2) is 2.31. The van der Waals surface area contributed by atoms with E-state index in [0.29, 0.717) is 0 Å². The molecule has 1 aliphatic rings. The molecular formula is C8H13N3O. The molecule has 0 spiro atoms. The van der Waals surface area contributed by atoms with Gasteiger partial charge in [-0.3, -0.25) is 4.68 Å². The second-order valence-corrected chi connectivity index (χ2v) is 3.36. The van der Waals surface area contributed by atoms with Crippen molar-refractivity contribution in [1.29, 1.82) is 0 Å². The minimum absolute atomic E-state index is 0.283. The number of aliphatic hydroxyl groups is 1. The van der Waals surface area contributed by atoms with E-state index in [-0.39, 0.29) is 6.54 Å². The predicted molar refractivity (Wildman–Crippen MR) is 44.5 cm³/mol. The van der Waals surface area contributed by atoms with Gasteiger partial charge in [0.15, 0.2) is 0 Å². The third-order valence-electron chi connectivity index (χ3n) is 2.68. The van der Waals surface area contributed by atoms with Gasteiger partial charge in [0.1, 0.15) is 5.60 Å². The highest BCUT2D eigenvalue weighted by Gasteiger charge is 2.37. The maximum absolute atomic E-state index is 9.99.